The number of aliphatic imine (C=N–C) groups is 4. The molecule has 0 saturated carbocycles. The van der Waals surface area contributed by atoms with Gasteiger partial charge in [0.1, 0.15) is 30.2 Å². The lowest BCUT2D eigenvalue weighted by Gasteiger charge is -2.29. The maximum absolute atomic E-state index is 12.5. The van der Waals surface area contributed by atoms with Crippen molar-refractivity contribution in [3.05, 3.63) is 24.5 Å². The molecular weight excluding hydrogens is 2060 g/mol. The molecule has 1 aromatic rings. The van der Waals surface area contributed by atoms with Crippen LogP contribution in [0.5, 0.6) is 0 Å². The minimum absolute atomic E-state index is 0.0253. The van der Waals surface area contributed by atoms with Crippen molar-refractivity contribution in [1.82, 2.24) is 108 Å². The molecule has 0 aliphatic carbocycles. The smallest absolute Gasteiger partial charge is 0.370 e. The second-order valence-corrected chi connectivity index (χ2v) is 41.9. The highest BCUT2D eigenvalue weighted by Crippen LogP contribution is 2.37. The maximum Gasteiger partial charge on any atom is 0.418 e. The van der Waals surface area contributed by atoms with Crippen molar-refractivity contribution in [2.24, 2.45) is 95.4 Å². The summed E-state index contributed by atoms with van der Waals surface area (Å²) in [4.78, 5) is 172. The van der Waals surface area contributed by atoms with Gasteiger partial charge in [0.15, 0.2) is 23.8 Å². The summed E-state index contributed by atoms with van der Waals surface area (Å²) < 4.78 is 177. The van der Waals surface area contributed by atoms with Crippen molar-refractivity contribution < 1.29 is 158 Å². The van der Waals surface area contributed by atoms with Gasteiger partial charge in [-0.05, 0) is 138 Å². The zero-order chi connectivity index (χ0) is 106. The molecule has 15 aliphatic heterocycles. The standard InChI is InChI=1S/C17H25N5O7S.4C14H25N7O7S/c23-16(15-4-3-14-10-21(15)17(24)22(14)29-30(25,26)27)19-28-11-13-7-12(8-18-13)9-20-5-1-2-6-20;4*15-13(16)18-5-8-3-9(17-4-8)7-27-19-12(22)11-2-1-10-6-20(11)14(23)21(10)28-29(24,25)26/h1-2,5-6,12-15,18H,3-4,7-11H2,(H,19,23)(H,25,26,27);4*8-11,17H,1-7H2,(H,19,22)(H4,15,16,18)(H,24,25,26)/t12-,13-,14-,15+;8-,9+,10+,11-;8-,9+,10-,11+;8-,9-,10+,11-;8-,9-,10-,11+/m10101/s1. The van der Waals surface area contributed by atoms with Gasteiger partial charge in [-0.1, -0.05) is 0 Å². The van der Waals surface area contributed by atoms with Gasteiger partial charge in [0.25, 0.3) is 29.5 Å². The van der Waals surface area contributed by atoms with E-state index in [0.717, 1.165) is 71.4 Å². The molecule has 15 aliphatic rings. The summed E-state index contributed by atoms with van der Waals surface area (Å²) >= 11 is 0. The van der Waals surface area contributed by atoms with Crippen molar-refractivity contribution in [1.29, 1.82) is 0 Å². The predicted octanol–water partition coefficient (Wildman–Crippen LogP) is -11.3. The van der Waals surface area contributed by atoms with Crippen LogP contribution in [0.25, 0.3) is 0 Å². The number of hydrogen-bond acceptors (Lipinski definition) is 39. The number of carbonyl (C=O) groups excluding carboxylic acids is 10. The number of rotatable bonds is 40. The Morgan fingerprint density at radius 3 is 0.678 bits per heavy atom. The van der Waals surface area contributed by atoms with E-state index in [2.05, 4.69) is 99.9 Å². The summed E-state index contributed by atoms with van der Waals surface area (Å²) in [6.07, 6.45) is 11.4. The second kappa shape index (κ2) is 50.3. The Hall–Kier alpha value is -11.0. The lowest BCUT2D eigenvalue weighted by molar-refractivity contribution is -0.140. The monoisotopic (exact) mass is 2180 g/mol. The second-order valence-electron chi connectivity index (χ2n) is 36.9. The SMILES string of the molecule is NC(N)=NC[C@@H]1CN[C@@H](CONC(=O)[C@@H]2CC[C@@H]3CN2C(=O)N3OS(=O)(=O)O)C1.NC(N)=NC[C@@H]1CN[C@H](CONC(=O)[C@@H]2CC[C@@H]3CN2C(=O)N3OS(=O)(=O)O)C1.NC(N)=NC[C@H]1CN[C@@H](CONC(=O)[C@@H]2CC[C@@H]3CN2C(=O)N3OS(=O)(=O)O)C1.NC(N)=NC[C@H]1CN[C@H](CONC(=O)[C@@H]2CC[C@@H]3CN2C(=O)N3OS(=O)(=O)O)C1.O=C(NOC[C@H]1C[C@@H](Cn2cccc2)CN1)[C@@H]1CC[C@@H]2CN1C(=O)N2OS(=O)(=O)O. The van der Waals surface area contributed by atoms with Gasteiger partial charge >= 0.3 is 82.2 Å². The fourth-order valence-electron chi connectivity index (χ4n) is 19.5. The molecule has 0 unspecified atom stereocenters. The molecule has 31 N–H and O–H groups in total. The van der Waals surface area contributed by atoms with Crippen LogP contribution in [-0.4, -0.2) is 418 Å². The summed E-state index contributed by atoms with van der Waals surface area (Å²) in [7, 11) is -24.1. The lowest BCUT2D eigenvalue weighted by Crippen LogP contribution is -2.50. The predicted molar refractivity (Wildman–Crippen MR) is 494 cm³/mol. The molecular formula is C73H125N33O35S5. The topological polar surface area (TPSA) is 950 Å². The van der Waals surface area contributed by atoms with Crippen molar-refractivity contribution in [2.45, 2.75) is 193 Å². The lowest BCUT2D eigenvalue weighted by atomic mass is 10.0. The van der Waals surface area contributed by atoms with E-state index in [4.69, 9.17) is 92.8 Å². The van der Waals surface area contributed by atoms with Gasteiger partial charge in [-0.2, -0.15) is 67.4 Å². The van der Waals surface area contributed by atoms with Crippen molar-refractivity contribution in [3.63, 3.8) is 0 Å². The highest BCUT2D eigenvalue weighted by atomic mass is 32.3. The highest BCUT2D eigenvalue weighted by molar-refractivity contribution is 7.81. The van der Waals surface area contributed by atoms with Gasteiger partial charge in [0.05, 0.1) is 63.2 Å². The molecule has 1 aromatic heterocycles. The third kappa shape index (κ3) is 33.0. The number of nitrogens with two attached hydrogens (primary N) is 8. The van der Waals surface area contributed by atoms with Crippen LogP contribution in [0.4, 0.5) is 24.0 Å². The number of guanidine groups is 4. The number of hydrogen-bond donors (Lipinski definition) is 23. The maximum atomic E-state index is 12.5. The fraction of sp³-hybridized carbons (Fsp3) is 0.753. The summed E-state index contributed by atoms with van der Waals surface area (Å²) in [5.74, 6) is -0.784. The first-order valence-electron chi connectivity index (χ1n) is 46.3. The summed E-state index contributed by atoms with van der Waals surface area (Å²) in [5, 5.41) is 19.3. The minimum Gasteiger partial charge on any atom is -0.370 e. The Balaban J connectivity index is 0.000000162. The number of piperidine rings is 5. The minimum atomic E-state index is -4.83. The third-order valence-corrected chi connectivity index (χ3v) is 27.9. The Labute approximate surface area is 836 Å². The van der Waals surface area contributed by atoms with Crippen molar-refractivity contribution >= 4 is 136 Å². The Kier molecular flexibility index (Phi) is 39.2. The van der Waals surface area contributed by atoms with Crippen LogP contribution >= 0.6 is 0 Å². The Morgan fingerprint density at radius 2 is 0.493 bits per heavy atom. The zero-order valence-corrected chi connectivity index (χ0v) is 82.5. The van der Waals surface area contributed by atoms with Crippen LogP contribution in [-0.2, 0) is 128 Å². The van der Waals surface area contributed by atoms with E-state index < -0.39 is 172 Å². The molecule has 146 heavy (non-hydrogen) atoms. The number of urea groups is 5. The van der Waals surface area contributed by atoms with Crippen LogP contribution < -0.4 is 99.9 Å². The van der Waals surface area contributed by atoms with Crippen LogP contribution in [0.2, 0.25) is 0 Å². The van der Waals surface area contributed by atoms with Gasteiger partial charge in [0.2, 0.25) is 0 Å². The number of amides is 15. The average molecular weight is 2190 g/mol. The molecule has 0 aromatic carbocycles. The largest absolute Gasteiger partial charge is 0.418 e. The van der Waals surface area contributed by atoms with Crippen molar-refractivity contribution in [3.8, 4) is 0 Å². The number of aromatic nitrogens is 1. The summed E-state index contributed by atoms with van der Waals surface area (Å²) in [5.41, 5.74) is 54.3. The molecule has 16 rings (SSSR count). The van der Waals surface area contributed by atoms with E-state index in [0.29, 0.717) is 128 Å². The van der Waals surface area contributed by atoms with E-state index in [-0.39, 0.29) is 137 Å². The molecule has 73 heteroatoms. The molecule has 15 saturated heterocycles. The van der Waals surface area contributed by atoms with Crippen LogP contribution in [0.15, 0.2) is 44.5 Å². The van der Waals surface area contributed by atoms with Crippen LogP contribution in [0, 0.1) is 29.6 Å². The van der Waals surface area contributed by atoms with E-state index in [9.17, 15) is 90.0 Å². The number of hydroxylamine groups is 15. The van der Waals surface area contributed by atoms with E-state index in [1.807, 2.05) is 24.5 Å². The van der Waals surface area contributed by atoms with Gasteiger partial charge in [-0.25, -0.2) is 51.4 Å². The summed E-state index contributed by atoms with van der Waals surface area (Å²) in [6, 6.07) is -6.61. The molecule has 20 atom stereocenters. The van der Waals surface area contributed by atoms with E-state index in [1.54, 1.807) is 0 Å². The number of nitrogens with zero attached hydrogens (tertiary/aromatic N) is 15. The van der Waals surface area contributed by atoms with Gasteiger partial charge in [-0.3, -0.25) is 90.9 Å². The normalized spacial score (nSPS) is 29.1. The number of nitrogens with one attached hydrogen (secondary N) is 10. The molecule has 0 spiro atoms. The van der Waals surface area contributed by atoms with Gasteiger partial charge in [0, 0.05) is 141 Å². The molecule has 0 radical (unpaired) electrons. The Bertz CT molecular complexity index is 4980. The first-order chi connectivity index (χ1) is 68.8. The van der Waals surface area contributed by atoms with Gasteiger partial charge in [-0.15, -0.1) is 21.4 Å². The van der Waals surface area contributed by atoms with Crippen LogP contribution in [0.3, 0.4) is 0 Å². The van der Waals surface area contributed by atoms with Crippen molar-refractivity contribution in [2.75, 3.05) is 125 Å². The first-order valence-corrected chi connectivity index (χ1v) is 53.1. The zero-order valence-electron chi connectivity index (χ0n) is 78.5. The quantitative estimate of drug-likeness (QED) is 0.0126. The van der Waals surface area contributed by atoms with Gasteiger partial charge < -0.3 is 102 Å². The number of carbonyl (C=O) groups is 10. The molecule has 68 nitrogen and oxygen atoms in total. The Morgan fingerprint density at radius 1 is 0.308 bits per heavy atom. The van der Waals surface area contributed by atoms with Crippen LogP contribution in [0.1, 0.15) is 96.3 Å². The average Bonchev–Trinajstić information content (AvgIpc) is 1.64. The fourth-order valence-corrected chi connectivity index (χ4v) is 21.4. The molecule has 15 amide bonds. The van der Waals surface area contributed by atoms with E-state index >= 15 is 0 Å². The first kappa shape index (κ1) is 114. The summed E-state index contributed by atoms with van der Waals surface area (Å²) in [6.45, 7) is 8.58. The van der Waals surface area contributed by atoms with E-state index in [1.165, 1.54) is 24.5 Å². The molecule has 10 bridgehead atoms. The highest BCUT2D eigenvalue weighted by Gasteiger charge is 2.56. The molecule has 15 fully saturated rings. The molecule has 822 valence electrons. The third-order valence-electron chi connectivity index (χ3n) is 26.1. The molecule has 16 heterocycles. The number of fused-ring (bicyclic) bond motifs is 10.